The highest BCUT2D eigenvalue weighted by molar-refractivity contribution is 7.86. The molecule has 1 heterocycles. The first-order valence-electron chi connectivity index (χ1n) is 17.5. The van der Waals surface area contributed by atoms with E-state index >= 15 is 0 Å². The SMILES string of the molecule is C=CCOc1ccc([C@@H]2C(OCc3cc(OC)c4ccccc4c3)CN(C(=O)OC(C)(C)C)C[C@H]2OC[C@H](O)COS(=O)(=O)c2ccc(C)cc2)cc1. The Morgan fingerprint density at radius 3 is 2.30 bits per heavy atom. The maximum atomic E-state index is 13.5. The zero-order valence-electron chi connectivity index (χ0n) is 30.9. The number of aliphatic hydroxyl groups is 1. The number of methoxy groups -OCH3 is 1. The van der Waals surface area contributed by atoms with Crippen molar-refractivity contribution in [1.29, 1.82) is 0 Å². The standard InChI is InChI=1S/C41H49NO10S/c1-7-20-48-33-16-14-30(15-17-33)39-37(49-25-29-21-31-10-8-9-11-35(31)36(22-29)47-6)23-42(40(44)52-41(3,4)5)24-38(39)50-26-32(43)27-51-53(45,46)34-18-12-28(2)13-19-34/h7-19,21-22,32,37-39,43H,1,20,23-27H2,2-6H3/t32-,37?,38+,39+/m0/s1. The predicted octanol–water partition coefficient (Wildman–Crippen LogP) is 6.79. The molecule has 1 aliphatic heterocycles. The summed E-state index contributed by atoms with van der Waals surface area (Å²) < 4.78 is 61.0. The number of nitrogens with zero attached hydrogens (tertiary/aromatic N) is 1. The van der Waals surface area contributed by atoms with Crippen molar-refractivity contribution in [3.8, 4) is 11.5 Å². The zero-order chi connectivity index (χ0) is 38.2. The van der Waals surface area contributed by atoms with E-state index in [9.17, 15) is 18.3 Å². The molecule has 0 radical (unpaired) electrons. The van der Waals surface area contributed by atoms with Gasteiger partial charge in [0.15, 0.2) is 0 Å². The van der Waals surface area contributed by atoms with Gasteiger partial charge in [0.1, 0.15) is 29.8 Å². The fraction of sp³-hybridized carbons (Fsp3) is 0.390. The van der Waals surface area contributed by atoms with E-state index < -0.39 is 52.6 Å². The summed E-state index contributed by atoms with van der Waals surface area (Å²) in [6.07, 6.45) is -1.46. The molecule has 4 atom stereocenters. The number of hydrogen-bond acceptors (Lipinski definition) is 10. The van der Waals surface area contributed by atoms with Crippen molar-refractivity contribution in [3.05, 3.63) is 114 Å². The molecule has 1 unspecified atom stereocenters. The summed E-state index contributed by atoms with van der Waals surface area (Å²) in [7, 11) is -2.48. The van der Waals surface area contributed by atoms with Gasteiger partial charge in [0.05, 0.1) is 57.1 Å². The minimum Gasteiger partial charge on any atom is -0.496 e. The van der Waals surface area contributed by atoms with Gasteiger partial charge in [-0.05, 0) is 80.6 Å². The third-order valence-electron chi connectivity index (χ3n) is 8.68. The van der Waals surface area contributed by atoms with Crippen molar-refractivity contribution in [2.75, 3.05) is 40.0 Å². The molecule has 1 N–H and O–H groups in total. The fourth-order valence-corrected chi connectivity index (χ4v) is 7.09. The van der Waals surface area contributed by atoms with E-state index in [2.05, 4.69) is 6.58 Å². The molecule has 1 saturated heterocycles. The number of hydrogen-bond donors (Lipinski definition) is 1. The molecule has 0 bridgehead atoms. The Morgan fingerprint density at radius 2 is 1.64 bits per heavy atom. The molecule has 1 amide bonds. The molecular weight excluding hydrogens is 699 g/mol. The Morgan fingerprint density at radius 1 is 0.962 bits per heavy atom. The second kappa shape index (κ2) is 17.6. The third kappa shape index (κ3) is 10.8. The van der Waals surface area contributed by atoms with Gasteiger partial charge in [-0.1, -0.05) is 66.7 Å². The summed E-state index contributed by atoms with van der Waals surface area (Å²) in [5.74, 6) is 0.948. The molecule has 0 aliphatic carbocycles. The van der Waals surface area contributed by atoms with Gasteiger partial charge in [0, 0.05) is 11.3 Å². The van der Waals surface area contributed by atoms with Gasteiger partial charge in [0.25, 0.3) is 10.1 Å². The molecule has 0 aromatic heterocycles. The highest BCUT2D eigenvalue weighted by Gasteiger charge is 2.42. The quantitative estimate of drug-likeness (QED) is 0.103. The number of aryl methyl sites for hydroxylation is 1. The molecule has 11 nitrogen and oxygen atoms in total. The Bertz CT molecular complexity index is 1940. The van der Waals surface area contributed by atoms with E-state index in [4.69, 9.17) is 27.9 Å². The Hall–Kier alpha value is -4.46. The third-order valence-corrected chi connectivity index (χ3v) is 9.98. The van der Waals surface area contributed by atoms with Crippen molar-refractivity contribution in [2.24, 2.45) is 0 Å². The number of piperidine rings is 1. The number of likely N-dealkylation sites (tertiary alicyclic amines) is 1. The van der Waals surface area contributed by atoms with Crippen LogP contribution >= 0.6 is 0 Å². The van der Waals surface area contributed by atoms with Crippen molar-refractivity contribution in [2.45, 2.75) is 69.0 Å². The lowest BCUT2D eigenvalue weighted by Crippen LogP contribution is -2.55. The van der Waals surface area contributed by atoms with Gasteiger partial charge in [-0.2, -0.15) is 8.42 Å². The average Bonchev–Trinajstić information content (AvgIpc) is 3.13. The number of ether oxygens (including phenoxy) is 5. The van der Waals surface area contributed by atoms with Gasteiger partial charge in [-0.15, -0.1) is 0 Å². The molecule has 4 aromatic rings. The van der Waals surface area contributed by atoms with E-state index in [0.717, 1.165) is 27.5 Å². The van der Waals surface area contributed by atoms with Gasteiger partial charge in [-0.3, -0.25) is 4.18 Å². The van der Waals surface area contributed by atoms with Gasteiger partial charge in [-0.25, -0.2) is 4.79 Å². The molecule has 1 aliphatic rings. The summed E-state index contributed by atoms with van der Waals surface area (Å²) >= 11 is 0. The summed E-state index contributed by atoms with van der Waals surface area (Å²) in [4.78, 5) is 15.1. The van der Waals surface area contributed by atoms with Crippen LogP contribution in [0.4, 0.5) is 4.79 Å². The number of rotatable bonds is 15. The molecule has 0 spiro atoms. The second-order valence-corrected chi connectivity index (χ2v) is 15.6. The molecule has 1 fully saturated rings. The first kappa shape index (κ1) is 39.7. The first-order chi connectivity index (χ1) is 25.3. The molecule has 4 aromatic carbocycles. The number of fused-ring (bicyclic) bond motifs is 1. The van der Waals surface area contributed by atoms with Crippen molar-refractivity contribution in [1.82, 2.24) is 4.90 Å². The van der Waals surface area contributed by atoms with E-state index in [1.807, 2.05) is 67.6 Å². The smallest absolute Gasteiger partial charge is 0.410 e. The zero-order valence-corrected chi connectivity index (χ0v) is 31.7. The van der Waals surface area contributed by atoms with Crippen LogP contribution in [0.15, 0.2) is 102 Å². The molecule has 5 rings (SSSR count). The minimum absolute atomic E-state index is 0.0129. The van der Waals surface area contributed by atoms with Gasteiger partial charge < -0.3 is 33.7 Å². The molecule has 284 valence electrons. The van der Waals surface area contributed by atoms with Crippen LogP contribution in [0.1, 0.15) is 43.4 Å². The highest BCUT2D eigenvalue weighted by atomic mass is 32.2. The van der Waals surface area contributed by atoms with E-state index in [-0.39, 0.29) is 31.2 Å². The molecular formula is C41H49NO10S. The Balaban J connectivity index is 1.41. The number of benzene rings is 4. The molecule has 0 saturated carbocycles. The van der Waals surface area contributed by atoms with Crippen LogP contribution in [0.2, 0.25) is 0 Å². The van der Waals surface area contributed by atoms with E-state index in [1.165, 1.54) is 12.1 Å². The van der Waals surface area contributed by atoms with Crippen LogP contribution in [-0.4, -0.2) is 88.5 Å². The normalized spacial score (nSPS) is 18.4. The van der Waals surface area contributed by atoms with Crippen LogP contribution in [0.3, 0.4) is 0 Å². The maximum Gasteiger partial charge on any atom is 0.410 e. The maximum absolute atomic E-state index is 13.5. The lowest BCUT2D eigenvalue weighted by Gasteiger charge is -2.44. The lowest BCUT2D eigenvalue weighted by molar-refractivity contribution is -0.110. The first-order valence-corrected chi connectivity index (χ1v) is 18.9. The van der Waals surface area contributed by atoms with E-state index in [0.29, 0.717) is 18.1 Å². The number of carbonyl (C=O) groups excluding carboxylic acids is 1. The second-order valence-electron chi connectivity index (χ2n) is 14.0. The van der Waals surface area contributed by atoms with Crippen molar-refractivity contribution in [3.63, 3.8) is 0 Å². The van der Waals surface area contributed by atoms with Crippen LogP contribution in [-0.2, 0) is 35.1 Å². The number of amides is 1. The van der Waals surface area contributed by atoms with Crippen LogP contribution in [0.5, 0.6) is 11.5 Å². The fourth-order valence-electron chi connectivity index (χ4n) is 6.15. The van der Waals surface area contributed by atoms with Crippen LogP contribution in [0.25, 0.3) is 10.8 Å². The summed E-state index contributed by atoms with van der Waals surface area (Å²) in [5, 5.41) is 12.9. The summed E-state index contributed by atoms with van der Waals surface area (Å²) in [6, 6.07) is 25.7. The van der Waals surface area contributed by atoms with Crippen molar-refractivity contribution >= 4 is 27.0 Å². The topological polar surface area (TPSA) is 130 Å². The minimum atomic E-state index is -4.11. The van der Waals surface area contributed by atoms with Gasteiger partial charge in [0.2, 0.25) is 0 Å². The highest BCUT2D eigenvalue weighted by Crippen LogP contribution is 2.36. The van der Waals surface area contributed by atoms with Crippen LogP contribution in [0, 0.1) is 6.92 Å². The summed E-state index contributed by atoms with van der Waals surface area (Å²) in [6.45, 7) is 11.0. The molecule has 12 heteroatoms. The molecule has 53 heavy (non-hydrogen) atoms. The summed E-state index contributed by atoms with van der Waals surface area (Å²) in [5.41, 5.74) is 1.89. The Labute approximate surface area is 312 Å². The largest absolute Gasteiger partial charge is 0.496 e. The van der Waals surface area contributed by atoms with Crippen LogP contribution < -0.4 is 9.47 Å². The number of carbonyl (C=O) groups is 1. The predicted molar refractivity (Wildman–Crippen MR) is 202 cm³/mol. The number of aliphatic hydroxyl groups excluding tert-OH is 1. The Kier molecular flexibility index (Phi) is 13.2. The lowest BCUT2D eigenvalue weighted by atomic mass is 9.84. The van der Waals surface area contributed by atoms with Gasteiger partial charge >= 0.3 is 6.09 Å². The van der Waals surface area contributed by atoms with E-state index in [1.54, 1.807) is 51.0 Å². The van der Waals surface area contributed by atoms with Crippen molar-refractivity contribution < 1.29 is 46.2 Å². The monoisotopic (exact) mass is 747 g/mol. The average molecular weight is 748 g/mol.